The van der Waals surface area contributed by atoms with Crippen LogP contribution in [0.3, 0.4) is 0 Å². The maximum Gasteiger partial charge on any atom is 0.147 e. The molecule has 0 aromatic heterocycles. The van der Waals surface area contributed by atoms with E-state index in [2.05, 4.69) is 15.9 Å². The van der Waals surface area contributed by atoms with Gasteiger partial charge in [-0.25, -0.2) is 8.42 Å². The number of hydrogen-bond acceptors (Lipinski definition) is 3. The van der Waals surface area contributed by atoms with E-state index in [1.165, 1.54) is 6.26 Å². The lowest BCUT2D eigenvalue weighted by Crippen LogP contribution is -2.13. The van der Waals surface area contributed by atoms with Crippen LogP contribution in [0.15, 0.2) is 28.7 Å². The molecule has 5 heteroatoms. The van der Waals surface area contributed by atoms with Crippen molar-refractivity contribution in [1.82, 2.24) is 0 Å². The molecule has 1 aromatic rings. The van der Waals surface area contributed by atoms with Crippen molar-refractivity contribution in [2.24, 2.45) is 5.73 Å². The van der Waals surface area contributed by atoms with Crippen LogP contribution in [0.4, 0.5) is 0 Å². The number of nitrogens with two attached hydrogens (primary N) is 1. The van der Waals surface area contributed by atoms with Crippen LogP contribution in [-0.4, -0.2) is 20.4 Å². The van der Waals surface area contributed by atoms with Crippen molar-refractivity contribution in [3.8, 4) is 0 Å². The lowest BCUT2D eigenvalue weighted by molar-refractivity contribution is 0.587. The van der Waals surface area contributed by atoms with Crippen LogP contribution in [0.5, 0.6) is 0 Å². The minimum Gasteiger partial charge on any atom is -0.324 e. The van der Waals surface area contributed by atoms with Crippen molar-refractivity contribution in [3.63, 3.8) is 0 Å². The summed E-state index contributed by atoms with van der Waals surface area (Å²) in [5.74, 6) is 0.200. The Labute approximate surface area is 105 Å². The van der Waals surface area contributed by atoms with E-state index >= 15 is 0 Å². The highest BCUT2D eigenvalue weighted by molar-refractivity contribution is 9.10. The molecule has 0 heterocycles. The fourth-order valence-corrected chi connectivity index (χ4v) is 2.77. The van der Waals surface area contributed by atoms with Gasteiger partial charge in [-0.1, -0.05) is 34.1 Å². The van der Waals surface area contributed by atoms with Crippen molar-refractivity contribution < 1.29 is 8.42 Å². The van der Waals surface area contributed by atoms with E-state index in [1.807, 2.05) is 24.3 Å². The van der Waals surface area contributed by atoms with Gasteiger partial charge in [-0.15, -0.1) is 0 Å². The van der Waals surface area contributed by atoms with Gasteiger partial charge in [-0.2, -0.15) is 0 Å². The first-order valence-corrected chi connectivity index (χ1v) is 7.93. The highest BCUT2D eigenvalue weighted by atomic mass is 79.9. The Kier molecular flexibility index (Phi) is 4.95. The van der Waals surface area contributed by atoms with E-state index in [4.69, 9.17) is 5.73 Å². The van der Waals surface area contributed by atoms with Gasteiger partial charge in [0.1, 0.15) is 9.84 Å². The molecule has 2 N–H and O–H groups in total. The van der Waals surface area contributed by atoms with Crippen LogP contribution in [0.1, 0.15) is 24.4 Å². The van der Waals surface area contributed by atoms with E-state index in [-0.39, 0.29) is 11.8 Å². The molecule has 16 heavy (non-hydrogen) atoms. The SMILES string of the molecule is CS(=O)(=O)CCCC(N)c1ccccc1Br. The molecule has 1 atom stereocenters. The van der Waals surface area contributed by atoms with E-state index in [0.29, 0.717) is 12.8 Å². The Balaban J connectivity index is 2.54. The number of benzene rings is 1. The molecule has 3 nitrogen and oxygen atoms in total. The summed E-state index contributed by atoms with van der Waals surface area (Å²) in [7, 11) is -2.88. The second-order valence-electron chi connectivity index (χ2n) is 3.90. The molecule has 1 aromatic carbocycles. The van der Waals surface area contributed by atoms with Crippen molar-refractivity contribution in [2.45, 2.75) is 18.9 Å². The van der Waals surface area contributed by atoms with Crippen molar-refractivity contribution in [1.29, 1.82) is 0 Å². The summed E-state index contributed by atoms with van der Waals surface area (Å²) >= 11 is 3.43. The molecule has 0 saturated heterocycles. The Bertz CT molecular complexity index is 445. The molecule has 0 aliphatic carbocycles. The van der Waals surface area contributed by atoms with Crippen LogP contribution in [-0.2, 0) is 9.84 Å². The molecule has 90 valence electrons. The number of sulfone groups is 1. The molecule has 1 unspecified atom stereocenters. The second kappa shape index (κ2) is 5.80. The highest BCUT2D eigenvalue weighted by Crippen LogP contribution is 2.24. The zero-order valence-electron chi connectivity index (χ0n) is 9.19. The normalized spacial score (nSPS) is 13.7. The quantitative estimate of drug-likeness (QED) is 0.908. The number of rotatable bonds is 5. The smallest absolute Gasteiger partial charge is 0.147 e. The van der Waals surface area contributed by atoms with Gasteiger partial charge in [0, 0.05) is 22.5 Å². The minimum atomic E-state index is -2.88. The summed E-state index contributed by atoms with van der Waals surface area (Å²) in [6.07, 6.45) is 2.52. The van der Waals surface area contributed by atoms with Crippen LogP contribution < -0.4 is 5.73 Å². The van der Waals surface area contributed by atoms with Crippen LogP contribution in [0.25, 0.3) is 0 Å². The molecular formula is C11H16BrNO2S. The lowest BCUT2D eigenvalue weighted by atomic mass is 10.0. The lowest BCUT2D eigenvalue weighted by Gasteiger charge is -2.13. The predicted octanol–water partition coefficient (Wildman–Crippen LogP) is 2.27. The van der Waals surface area contributed by atoms with E-state index < -0.39 is 9.84 Å². The fourth-order valence-electron chi connectivity index (χ4n) is 1.50. The van der Waals surface area contributed by atoms with E-state index in [9.17, 15) is 8.42 Å². The maximum absolute atomic E-state index is 11.0. The van der Waals surface area contributed by atoms with Gasteiger partial charge in [0.25, 0.3) is 0 Å². The topological polar surface area (TPSA) is 60.2 Å². The first-order valence-electron chi connectivity index (χ1n) is 5.08. The average Bonchev–Trinajstić information content (AvgIpc) is 2.16. The van der Waals surface area contributed by atoms with Crippen molar-refractivity contribution >= 4 is 25.8 Å². The fraction of sp³-hybridized carbons (Fsp3) is 0.455. The van der Waals surface area contributed by atoms with E-state index in [1.54, 1.807) is 0 Å². The molecule has 0 aliphatic heterocycles. The highest BCUT2D eigenvalue weighted by Gasteiger charge is 2.10. The average molecular weight is 306 g/mol. The summed E-state index contributed by atoms with van der Waals surface area (Å²) < 4.78 is 22.9. The number of halogens is 1. The van der Waals surface area contributed by atoms with Crippen molar-refractivity contribution in [2.75, 3.05) is 12.0 Å². The molecule has 0 radical (unpaired) electrons. The van der Waals surface area contributed by atoms with Crippen molar-refractivity contribution in [3.05, 3.63) is 34.3 Å². The van der Waals surface area contributed by atoms with Gasteiger partial charge in [0.05, 0.1) is 0 Å². The zero-order valence-corrected chi connectivity index (χ0v) is 11.6. The monoisotopic (exact) mass is 305 g/mol. The first kappa shape index (κ1) is 13.7. The van der Waals surface area contributed by atoms with Gasteiger partial charge >= 0.3 is 0 Å². The van der Waals surface area contributed by atoms with Gasteiger partial charge in [-0.3, -0.25) is 0 Å². The third kappa shape index (κ3) is 4.63. The Hall–Kier alpha value is -0.390. The van der Waals surface area contributed by atoms with Crippen LogP contribution in [0.2, 0.25) is 0 Å². The summed E-state index contributed by atoms with van der Waals surface area (Å²) in [6.45, 7) is 0. The van der Waals surface area contributed by atoms with Gasteiger partial charge in [0.15, 0.2) is 0 Å². The maximum atomic E-state index is 11.0. The molecule has 0 saturated carbocycles. The molecular weight excluding hydrogens is 290 g/mol. The van der Waals surface area contributed by atoms with Gasteiger partial charge in [0.2, 0.25) is 0 Å². The predicted molar refractivity (Wildman–Crippen MR) is 70.0 cm³/mol. The molecule has 1 rings (SSSR count). The molecule has 0 amide bonds. The molecule has 0 aliphatic rings. The van der Waals surface area contributed by atoms with Crippen LogP contribution >= 0.6 is 15.9 Å². The van der Waals surface area contributed by atoms with Gasteiger partial charge in [-0.05, 0) is 24.5 Å². The Morgan fingerprint density at radius 2 is 2.00 bits per heavy atom. The second-order valence-corrected chi connectivity index (χ2v) is 7.01. The third-order valence-electron chi connectivity index (χ3n) is 2.33. The summed E-state index contributed by atoms with van der Waals surface area (Å²) in [4.78, 5) is 0. The zero-order chi connectivity index (χ0) is 12.2. The minimum absolute atomic E-state index is 0.114. The third-order valence-corrected chi connectivity index (χ3v) is 4.09. The van der Waals surface area contributed by atoms with E-state index in [0.717, 1.165) is 10.0 Å². The number of hydrogen-bond donors (Lipinski definition) is 1. The van der Waals surface area contributed by atoms with Gasteiger partial charge < -0.3 is 5.73 Å². The first-order chi connectivity index (χ1) is 7.40. The summed E-state index contributed by atoms with van der Waals surface area (Å²) in [6, 6.07) is 7.63. The van der Waals surface area contributed by atoms with Crippen LogP contribution in [0, 0.1) is 0 Å². The molecule has 0 fully saturated rings. The molecule has 0 spiro atoms. The Morgan fingerprint density at radius 1 is 1.38 bits per heavy atom. The largest absolute Gasteiger partial charge is 0.324 e. The Morgan fingerprint density at radius 3 is 2.56 bits per heavy atom. The molecule has 0 bridgehead atoms. The summed E-state index contributed by atoms with van der Waals surface area (Å²) in [5, 5.41) is 0. The summed E-state index contributed by atoms with van der Waals surface area (Å²) in [5.41, 5.74) is 7.02. The standard InChI is InChI=1S/C11H16BrNO2S/c1-16(14,15)8-4-7-11(13)9-5-2-3-6-10(9)12/h2-3,5-6,11H,4,7-8,13H2,1H3.